The zero-order valence-electron chi connectivity index (χ0n) is 18.2. The molecule has 2 aromatic heterocycles. The van der Waals surface area contributed by atoms with E-state index in [9.17, 15) is 4.79 Å². The number of hydrogen-bond acceptors (Lipinski definition) is 5. The van der Waals surface area contributed by atoms with E-state index in [1.165, 1.54) is 0 Å². The third-order valence-corrected chi connectivity index (χ3v) is 6.00. The minimum absolute atomic E-state index is 0. The molecule has 1 aromatic carbocycles. The standard InChI is InChI=1S/C24H28N6O.ClH/c1-16-2-3-17(24(31)29-19-4-5-19)10-23(16)18-12-27-30(15-18)22-11-21(13-26-14-22)28-20-6-8-25-9-7-20;/h2-3,10-15,19-20,25,28H,4-9H2,1H3,(H,29,31);1H. The van der Waals surface area contributed by atoms with E-state index in [2.05, 4.69) is 39.0 Å². The lowest BCUT2D eigenvalue weighted by molar-refractivity contribution is 0.0951. The third-order valence-electron chi connectivity index (χ3n) is 6.00. The molecule has 1 saturated heterocycles. The number of carbonyl (C=O) groups excluding carboxylic acids is 1. The maximum Gasteiger partial charge on any atom is 0.251 e. The van der Waals surface area contributed by atoms with Crippen molar-refractivity contribution in [2.75, 3.05) is 18.4 Å². The zero-order chi connectivity index (χ0) is 21.2. The molecular formula is C24H29ClN6O. The number of nitrogens with zero attached hydrogens (tertiary/aromatic N) is 3. The van der Waals surface area contributed by atoms with Crippen molar-refractivity contribution in [3.63, 3.8) is 0 Å². The van der Waals surface area contributed by atoms with Crippen molar-refractivity contribution in [2.24, 2.45) is 0 Å². The summed E-state index contributed by atoms with van der Waals surface area (Å²) in [7, 11) is 0. The molecule has 32 heavy (non-hydrogen) atoms. The highest BCUT2D eigenvalue weighted by Gasteiger charge is 2.24. The number of anilines is 1. The van der Waals surface area contributed by atoms with E-state index in [1.807, 2.05) is 47.7 Å². The van der Waals surface area contributed by atoms with E-state index in [1.54, 1.807) is 0 Å². The van der Waals surface area contributed by atoms with Crippen molar-refractivity contribution in [3.8, 4) is 16.8 Å². The fourth-order valence-corrected chi connectivity index (χ4v) is 4.01. The smallest absolute Gasteiger partial charge is 0.251 e. The number of amides is 1. The van der Waals surface area contributed by atoms with Crippen LogP contribution in [0.5, 0.6) is 0 Å². The number of rotatable bonds is 6. The predicted molar refractivity (Wildman–Crippen MR) is 129 cm³/mol. The molecule has 1 amide bonds. The number of nitrogens with one attached hydrogen (secondary N) is 3. The lowest BCUT2D eigenvalue weighted by atomic mass is 10.0. The van der Waals surface area contributed by atoms with Crippen LogP contribution < -0.4 is 16.0 Å². The average Bonchev–Trinajstić information content (AvgIpc) is 3.46. The molecule has 1 saturated carbocycles. The van der Waals surface area contributed by atoms with Crippen LogP contribution in [-0.2, 0) is 0 Å². The molecule has 8 heteroatoms. The number of hydrogen-bond donors (Lipinski definition) is 3. The van der Waals surface area contributed by atoms with E-state index in [4.69, 9.17) is 0 Å². The van der Waals surface area contributed by atoms with Gasteiger partial charge in [0.05, 0.1) is 30.0 Å². The van der Waals surface area contributed by atoms with Gasteiger partial charge in [-0.05, 0) is 75.0 Å². The van der Waals surface area contributed by atoms with Crippen molar-refractivity contribution >= 4 is 24.0 Å². The molecule has 7 nitrogen and oxygen atoms in total. The van der Waals surface area contributed by atoms with Gasteiger partial charge in [0, 0.05) is 29.4 Å². The molecule has 1 aliphatic carbocycles. The Balaban J connectivity index is 0.00000245. The van der Waals surface area contributed by atoms with Crippen LogP contribution in [0.1, 0.15) is 41.6 Å². The quantitative estimate of drug-likeness (QED) is 0.531. The Kier molecular flexibility index (Phi) is 6.77. The zero-order valence-corrected chi connectivity index (χ0v) is 19.0. The predicted octanol–water partition coefficient (Wildman–Crippen LogP) is 3.72. The van der Waals surface area contributed by atoms with Crippen molar-refractivity contribution < 1.29 is 4.79 Å². The Labute approximate surface area is 194 Å². The fourth-order valence-electron chi connectivity index (χ4n) is 4.01. The monoisotopic (exact) mass is 452 g/mol. The summed E-state index contributed by atoms with van der Waals surface area (Å²) in [5.41, 5.74) is 5.72. The molecule has 2 fully saturated rings. The van der Waals surface area contributed by atoms with Gasteiger partial charge in [-0.25, -0.2) is 4.68 Å². The van der Waals surface area contributed by atoms with Gasteiger partial charge in [0.25, 0.3) is 5.91 Å². The summed E-state index contributed by atoms with van der Waals surface area (Å²) in [5, 5.41) is 14.6. The van der Waals surface area contributed by atoms with Crippen molar-refractivity contribution in [2.45, 2.75) is 44.7 Å². The second kappa shape index (κ2) is 9.71. The van der Waals surface area contributed by atoms with Gasteiger partial charge in [0.2, 0.25) is 0 Å². The Hall–Kier alpha value is -2.90. The summed E-state index contributed by atoms with van der Waals surface area (Å²) in [6, 6.07) is 8.75. The van der Waals surface area contributed by atoms with E-state index in [0.717, 1.165) is 66.8 Å². The van der Waals surface area contributed by atoms with Gasteiger partial charge >= 0.3 is 0 Å². The summed E-state index contributed by atoms with van der Waals surface area (Å²) >= 11 is 0. The third kappa shape index (κ3) is 5.11. The lowest BCUT2D eigenvalue weighted by Gasteiger charge is -2.24. The highest BCUT2D eigenvalue weighted by atomic mass is 35.5. The molecule has 5 rings (SSSR count). The summed E-state index contributed by atoms with van der Waals surface area (Å²) in [5.74, 6) is -0.00275. The topological polar surface area (TPSA) is 83.9 Å². The van der Waals surface area contributed by atoms with E-state index in [0.29, 0.717) is 17.6 Å². The number of halogens is 1. The number of piperidine rings is 1. The van der Waals surface area contributed by atoms with E-state index >= 15 is 0 Å². The van der Waals surface area contributed by atoms with E-state index in [-0.39, 0.29) is 18.3 Å². The van der Waals surface area contributed by atoms with Crippen LogP contribution in [0.3, 0.4) is 0 Å². The molecule has 2 aliphatic rings. The number of aromatic nitrogens is 3. The number of benzene rings is 1. The van der Waals surface area contributed by atoms with Crippen LogP contribution in [0.2, 0.25) is 0 Å². The second-order valence-electron chi connectivity index (χ2n) is 8.55. The fraction of sp³-hybridized carbons (Fsp3) is 0.375. The van der Waals surface area contributed by atoms with Crippen LogP contribution in [0.25, 0.3) is 16.8 Å². The lowest BCUT2D eigenvalue weighted by Crippen LogP contribution is -2.35. The molecule has 3 heterocycles. The Morgan fingerprint density at radius 2 is 1.88 bits per heavy atom. The average molecular weight is 453 g/mol. The first kappa shape index (κ1) is 22.3. The number of carbonyl (C=O) groups is 1. The summed E-state index contributed by atoms with van der Waals surface area (Å²) < 4.78 is 1.84. The summed E-state index contributed by atoms with van der Waals surface area (Å²) in [6.07, 6.45) is 11.9. The molecule has 0 unspecified atom stereocenters. The molecule has 3 N–H and O–H groups in total. The van der Waals surface area contributed by atoms with Crippen LogP contribution >= 0.6 is 12.4 Å². The summed E-state index contributed by atoms with van der Waals surface area (Å²) in [6.45, 7) is 4.15. The van der Waals surface area contributed by atoms with Gasteiger partial charge in [-0.3, -0.25) is 9.78 Å². The first-order valence-electron chi connectivity index (χ1n) is 11.0. The van der Waals surface area contributed by atoms with Crippen LogP contribution in [-0.4, -0.2) is 45.8 Å². The number of pyridine rings is 1. The van der Waals surface area contributed by atoms with Gasteiger partial charge in [-0.2, -0.15) is 5.10 Å². The summed E-state index contributed by atoms with van der Waals surface area (Å²) in [4.78, 5) is 16.9. The minimum Gasteiger partial charge on any atom is -0.381 e. The SMILES string of the molecule is Cc1ccc(C(=O)NC2CC2)cc1-c1cnn(-c2cncc(NC3CCNCC3)c2)c1.Cl. The van der Waals surface area contributed by atoms with Crippen LogP contribution in [0, 0.1) is 6.92 Å². The van der Waals surface area contributed by atoms with E-state index < -0.39 is 0 Å². The maximum absolute atomic E-state index is 12.5. The molecular weight excluding hydrogens is 424 g/mol. The largest absolute Gasteiger partial charge is 0.381 e. The number of aryl methyl sites for hydroxylation is 1. The molecule has 0 spiro atoms. The molecule has 3 aromatic rings. The Morgan fingerprint density at radius 3 is 2.66 bits per heavy atom. The molecule has 1 aliphatic heterocycles. The Bertz CT molecular complexity index is 1090. The van der Waals surface area contributed by atoms with Crippen molar-refractivity contribution in [1.29, 1.82) is 0 Å². The van der Waals surface area contributed by atoms with Gasteiger partial charge in [0.1, 0.15) is 0 Å². The molecule has 0 radical (unpaired) electrons. The molecule has 168 valence electrons. The minimum atomic E-state index is -0.00275. The first-order valence-corrected chi connectivity index (χ1v) is 11.0. The first-order chi connectivity index (χ1) is 15.2. The van der Waals surface area contributed by atoms with Crippen molar-refractivity contribution in [1.82, 2.24) is 25.4 Å². The van der Waals surface area contributed by atoms with Crippen LogP contribution in [0.15, 0.2) is 49.1 Å². The van der Waals surface area contributed by atoms with Crippen molar-refractivity contribution in [3.05, 3.63) is 60.2 Å². The molecule has 0 bridgehead atoms. The normalized spacial score (nSPS) is 16.3. The maximum atomic E-state index is 12.5. The highest BCUT2D eigenvalue weighted by molar-refractivity contribution is 5.96. The molecule has 0 atom stereocenters. The Morgan fingerprint density at radius 1 is 1.06 bits per heavy atom. The van der Waals surface area contributed by atoms with Gasteiger partial charge in [-0.1, -0.05) is 6.07 Å². The van der Waals surface area contributed by atoms with Gasteiger partial charge in [-0.15, -0.1) is 12.4 Å². The van der Waals surface area contributed by atoms with Gasteiger partial charge < -0.3 is 16.0 Å². The van der Waals surface area contributed by atoms with Gasteiger partial charge in [0.15, 0.2) is 0 Å². The highest BCUT2D eigenvalue weighted by Crippen LogP contribution is 2.26. The van der Waals surface area contributed by atoms with Crippen LogP contribution in [0.4, 0.5) is 5.69 Å². The second-order valence-corrected chi connectivity index (χ2v) is 8.55.